The van der Waals surface area contributed by atoms with E-state index in [1.807, 2.05) is 0 Å². The highest BCUT2D eigenvalue weighted by molar-refractivity contribution is 6.17. The average Bonchev–Trinajstić information content (AvgIpc) is 2.51. The monoisotopic (exact) mass is 332 g/mol. The Morgan fingerprint density at radius 1 is 0.682 bits per heavy atom. The number of alkyl halides is 1. The molecule has 0 bridgehead atoms. The number of hydrogen-bond donors (Lipinski definition) is 0. The van der Waals surface area contributed by atoms with Crippen molar-refractivity contribution >= 4 is 17.6 Å². The third-order valence-electron chi connectivity index (χ3n) is 4.20. The maximum atomic E-state index is 11.1. The maximum Gasteiger partial charge on any atom is 0.306 e. The van der Waals surface area contributed by atoms with Gasteiger partial charge in [-0.3, -0.25) is 4.79 Å². The molecule has 0 saturated carbocycles. The molecule has 0 aliphatic heterocycles. The zero-order valence-electron chi connectivity index (χ0n) is 14.7. The van der Waals surface area contributed by atoms with Crippen molar-refractivity contribution < 1.29 is 9.53 Å². The molecule has 0 radical (unpaired) electrons. The van der Waals surface area contributed by atoms with Gasteiger partial charge in [0.1, 0.15) is 0 Å². The molecule has 0 heterocycles. The van der Waals surface area contributed by atoms with E-state index in [1.165, 1.54) is 83.5 Å². The summed E-state index contributed by atoms with van der Waals surface area (Å²) in [7, 11) is 0. The van der Waals surface area contributed by atoms with Crippen LogP contribution in [0.4, 0.5) is 0 Å². The topological polar surface area (TPSA) is 26.3 Å². The molecule has 22 heavy (non-hydrogen) atoms. The van der Waals surface area contributed by atoms with E-state index in [1.54, 1.807) is 0 Å². The second kappa shape index (κ2) is 18.8. The Hall–Kier alpha value is -0.240. The minimum absolute atomic E-state index is 0.0163. The lowest BCUT2D eigenvalue weighted by Gasteiger charge is -2.03. The Labute approximate surface area is 143 Å². The molecule has 0 aromatic carbocycles. The molecule has 0 aliphatic carbocycles. The van der Waals surface area contributed by atoms with Crippen LogP contribution in [-0.2, 0) is 9.53 Å². The molecule has 0 aromatic rings. The largest absolute Gasteiger partial charge is 0.449 e. The molecule has 0 N–H and O–H groups in total. The zero-order valence-corrected chi connectivity index (χ0v) is 15.5. The third kappa shape index (κ3) is 17.8. The first-order chi connectivity index (χ1) is 10.8. The van der Waals surface area contributed by atoms with Crippen LogP contribution in [0.15, 0.2) is 0 Å². The van der Waals surface area contributed by atoms with E-state index in [9.17, 15) is 4.79 Å². The summed E-state index contributed by atoms with van der Waals surface area (Å²) in [6.45, 7) is 2.27. The van der Waals surface area contributed by atoms with Crippen LogP contribution in [0, 0.1) is 0 Å². The molecule has 2 nitrogen and oxygen atoms in total. The summed E-state index contributed by atoms with van der Waals surface area (Å²) in [5.74, 6) is -0.162. The van der Waals surface area contributed by atoms with Crippen molar-refractivity contribution in [1.82, 2.24) is 0 Å². The Kier molecular flexibility index (Phi) is 18.6. The Bertz CT molecular complexity index is 231. The number of carbonyl (C=O) groups is 1. The molecule has 0 atom stereocenters. The van der Waals surface area contributed by atoms with Crippen LogP contribution in [0.5, 0.6) is 0 Å². The van der Waals surface area contributed by atoms with Gasteiger partial charge in [0.25, 0.3) is 0 Å². The second-order valence-electron chi connectivity index (χ2n) is 6.33. The van der Waals surface area contributed by atoms with Crippen LogP contribution in [0.2, 0.25) is 0 Å². The van der Waals surface area contributed by atoms with Gasteiger partial charge in [0.15, 0.2) is 6.07 Å². The van der Waals surface area contributed by atoms with Gasteiger partial charge in [0, 0.05) is 6.42 Å². The van der Waals surface area contributed by atoms with E-state index in [4.69, 9.17) is 11.6 Å². The number of hydrogen-bond acceptors (Lipinski definition) is 2. The predicted molar refractivity (Wildman–Crippen MR) is 96.4 cm³/mol. The highest BCUT2D eigenvalue weighted by atomic mass is 35.5. The molecule has 0 aromatic heterocycles. The highest BCUT2D eigenvalue weighted by Crippen LogP contribution is 2.13. The van der Waals surface area contributed by atoms with Crippen LogP contribution in [0.1, 0.15) is 110 Å². The van der Waals surface area contributed by atoms with Crippen LogP contribution >= 0.6 is 11.6 Å². The van der Waals surface area contributed by atoms with Crippen molar-refractivity contribution in [2.45, 2.75) is 110 Å². The van der Waals surface area contributed by atoms with Crippen molar-refractivity contribution in [3.05, 3.63) is 0 Å². The fraction of sp³-hybridized carbons (Fsp3) is 0.947. The fourth-order valence-electron chi connectivity index (χ4n) is 2.77. The minimum atomic E-state index is -0.162. The third-order valence-corrected chi connectivity index (χ3v) is 4.31. The van der Waals surface area contributed by atoms with Gasteiger partial charge < -0.3 is 4.74 Å². The summed E-state index contributed by atoms with van der Waals surface area (Å²) in [6, 6.07) is -0.0163. The van der Waals surface area contributed by atoms with E-state index in [2.05, 4.69) is 11.7 Å². The molecular weight excluding hydrogens is 296 g/mol. The van der Waals surface area contributed by atoms with Crippen molar-refractivity contribution in [2.24, 2.45) is 0 Å². The molecule has 0 aliphatic rings. The summed E-state index contributed by atoms with van der Waals surface area (Å²) < 4.78 is 4.69. The van der Waals surface area contributed by atoms with Gasteiger partial charge in [-0.1, -0.05) is 108 Å². The highest BCUT2D eigenvalue weighted by Gasteiger charge is 2.00. The first-order valence-electron chi connectivity index (χ1n) is 9.52. The molecule has 0 spiro atoms. The predicted octanol–water partition coefficient (Wildman–Crippen LogP) is 6.99. The van der Waals surface area contributed by atoms with Crippen LogP contribution in [-0.4, -0.2) is 12.0 Å². The molecule has 0 amide bonds. The van der Waals surface area contributed by atoms with Gasteiger partial charge in [0.05, 0.1) is 0 Å². The Morgan fingerprint density at radius 2 is 1.05 bits per heavy atom. The molecule has 3 heteroatoms. The quantitative estimate of drug-likeness (QED) is 0.163. The molecule has 132 valence electrons. The lowest BCUT2D eigenvalue weighted by atomic mass is 10.0. The van der Waals surface area contributed by atoms with E-state index >= 15 is 0 Å². The Morgan fingerprint density at radius 3 is 1.41 bits per heavy atom. The first-order valence-corrected chi connectivity index (χ1v) is 10.1. The van der Waals surface area contributed by atoms with Crippen molar-refractivity contribution in [3.63, 3.8) is 0 Å². The molecule has 0 saturated heterocycles. The van der Waals surface area contributed by atoms with E-state index < -0.39 is 0 Å². The summed E-state index contributed by atoms with van der Waals surface area (Å²) in [5.41, 5.74) is 0. The Balaban J connectivity index is 3.01. The van der Waals surface area contributed by atoms with Crippen molar-refractivity contribution in [2.75, 3.05) is 6.07 Å². The number of unbranched alkanes of at least 4 members (excludes halogenated alkanes) is 14. The molecular formula is C19H37ClO2. The van der Waals surface area contributed by atoms with Crippen LogP contribution in [0.3, 0.4) is 0 Å². The van der Waals surface area contributed by atoms with Gasteiger partial charge in [-0.15, -0.1) is 0 Å². The standard InChI is InChI=1S/C19H37ClO2/c1-2-3-4-5-6-7-8-9-10-11-12-13-14-15-16-17-19(21)22-18-20/h2-18H2,1H3. The zero-order chi connectivity index (χ0) is 16.3. The number of rotatable bonds is 17. The summed E-state index contributed by atoms with van der Waals surface area (Å²) >= 11 is 5.32. The smallest absolute Gasteiger partial charge is 0.306 e. The SMILES string of the molecule is CCCCCCCCCCCCCCCCCC(=O)OCCl. The molecule has 0 fully saturated rings. The average molecular weight is 333 g/mol. The number of halogens is 1. The first kappa shape index (κ1) is 21.8. The van der Waals surface area contributed by atoms with Crippen LogP contribution in [0.25, 0.3) is 0 Å². The van der Waals surface area contributed by atoms with Gasteiger partial charge in [-0.2, -0.15) is 0 Å². The van der Waals surface area contributed by atoms with E-state index in [-0.39, 0.29) is 12.0 Å². The minimum Gasteiger partial charge on any atom is -0.449 e. The molecule has 0 unspecified atom stereocenters. The maximum absolute atomic E-state index is 11.1. The van der Waals surface area contributed by atoms with E-state index in [0.717, 1.165) is 12.8 Å². The van der Waals surface area contributed by atoms with Crippen LogP contribution < -0.4 is 0 Å². The number of carbonyl (C=O) groups excluding carboxylic acids is 1. The summed E-state index contributed by atoms with van der Waals surface area (Å²) in [4.78, 5) is 11.1. The number of ether oxygens (including phenoxy) is 1. The van der Waals surface area contributed by atoms with Gasteiger partial charge >= 0.3 is 5.97 Å². The lowest BCUT2D eigenvalue weighted by Crippen LogP contribution is -2.01. The van der Waals surface area contributed by atoms with Gasteiger partial charge in [0.2, 0.25) is 0 Å². The van der Waals surface area contributed by atoms with Gasteiger partial charge in [-0.25, -0.2) is 0 Å². The van der Waals surface area contributed by atoms with E-state index in [0.29, 0.717) is 6.42 Å². The normalized spacial score (nSPS) is 10.8. The number of esters is 1. The summed E-state index contributed by atoms with van der Waals surface area (Å²) in [6.07, 6.45) is 20.6. The van der Waals surface area contributed by atoms with Crippen molar-refractivity contribution in [1.29, 1.82) is 0 Å². The lowest BCUT2D eigenvalue weighted by molar-refractivity contribution is -0.141. The van der Waals surface area contributed by atoms with Crippen molar-refractivity contribution in [3.8, 4) is 0 Å². The molecule has 0 rings (SSSR count). The fourth-order valence-corrected chi connectivity index (χ4v) is 2.90. The second-order valence-corrected chi connectivity index (χ2v) is 6.54. The summed E-state index contributed by atoms with van der Waals surface area (Å²) in [5, 5.41) is 0. The van der Waals surface area contributed by atoms with Gasteiger partial charge in [-0.05, 0) is 6.42 Å².